The molecule has 7 nitrogen and oxygen atoms in total. The summed E-state index contributed by atoms with van der Waals surface area (Å²) in [6.45, 7) is 10.0. The van der Waals surface area contributed by atoms with E-state index in [0.717, 1.165) is 18.4 Å². The van der Waals surface area contributed by atoms with Gasteiger partial charge in [-0.3, -0.25) is 9.59 Å². The molecule has 4 saturated carbocycles. The van der Waals surface area contributed by atoms with Gasteiger partial charge in [-0.25, -0.2) is 0 Å². The van der Waals surface area contributed by atoms with Crippen molar-refractivity contribution in [3.8, 4) is 0 Å². The quantitative estimate of drug-likeness (QED) is 0.353. The average Bonchev–Trinajstić information content (AvgIpc) is 2.82. The van der Waals surface area contributed by atoms with Crippen LogP contribution in [-0.4, -0.2) is 55.8 Å². The van der Waals surface area contributed by atoms with E-state index in [1.54, 1.807) is 0 Å². The predicted molar refractivity (Wildman–Crippen MR) is 137 cm³/mol. The summed E-state index contributed by atoms with van der Waals surface area (Å²) < 4.78 is 0. The molecule has 0 aromatic carbocycles. The Morgan fingerprint density at radius 3 is 2.19 bits per heavy atom. The molecular formula is C30H46O7. The third-order valence-corrected chi connectivity index (χ3v) is 13.6. The van der Waals surface area contributed by atoms with Crippen LogP contribution in [0.3, 0.4) is 0 Å². The zero-order valence-corrected chi connectivity index (χ0v) is 23.1. The van der Waals surface area contributed by atoms with Crippen molar-refractivity contribution in [3.05, 3.63) is 11.6 Å². The molecular weight excluding hydrogens is 472 g/mol. The number of aliphatic carboxylic acids is 2. The molecule has 7 heteroatoms. The molecule has 5 aliphatic carbocycles. The van der Waals surface area contributed by atoms with Crippen molar-refractivity contribution in [2.24, 2.45) is 50.7 Å². The first-order valence-electron chi connectivity index (χ1n) is 14.3. The summed E-state index contributed by atoms with van der Waals surface area (Å²) in [5, 5.41) is 54.0. The van der Waals surface area contributed by atoms with Crippen molar-refractivity contribution in [2.45, 2.75) is 104 Å². The number of carboxylic acid groups (broad SMARTS) is 2. The van der Waals surface area contributed by atoms with E-state index in [1.807, 2.05) is 13.8 Å². The molecule has 5 rings (SSSR count). The van der Waals surface area contributed by atoms with Crippen LogP contribution in [-0.2, 0) is 9.59 Å². The number of carboxylic acids is 2. The van der Waals surface area contributed by atoms with E-state index < -0.39 is 47.0 Å². The van der Waals surface area contributed by atoms with Gasteiger partial charge in [0.1, 0.15) is 5.41 Å². The second-order valence-electron chi connectivity index (χ2n) is 14.4. The van der Waals surface area contributed by atoms with Gasteiger partial charge in [0.2, 0.25) is 0 Å². The summed E-state index contributed by atoms with van der Waals surface area (Å²) in [6.07, 6.45) is 6.76. The molecule has 11 atom stereocenters. The van der Waals surface area contributed by atoms with Crippen LogP contribution in [0.1, 0.15) is 92.4 Å². The van der Waals surface area contributed by atoms with Gasteiger partial charge in [-0.15, -0.1) is 0 Å². The van der Waals surface area contributed by atoms with Gasteiger partial charge in [-0.05, 0) is 98.7 Å². The molecule has 0 unspecified atom stereocenters. The smallest absolute Gasteiger partial charge is 0.314 e. The maximum absolute atomic E-state index is 12.8. The Balaban J connectivity index is 1.65. The van der Waals surface area contributed by atoms with Gasteiger partial charge in [-0.2, -0.15) is 0 Å². The standard InChI is InChI=1S/C30H46O7/c1-17-8-13-29(23(33)34)15-14-26(3)18(22(29)28(17,5)37)6-7-19-25(2)11-10-21(32)30(16-31,24(35)36)20(25)9-12-27(19,26)4/h6,17,19-22,31-32,37H,7-16H2,1-5H3,(H,33,34)(H,35,36)/t17-,19-,20-,21+,22-,25-,26-,27-,28-,29+,30-/m1/s1. The molecule has 37 heavy (non-hydrogen) atoms. The fraction of sp³-hybridized carbons (Fsp3) is 0.867. The second kappa shape index (κ2) is 8.04. The number of aliphatic hydroxyl groups is 3. The van der Waals surface area contributed by atoms with E-state index in [4.69, 9.17) is 0 Å². The van der Waals surface area contributed by atoms with Crippen LogP contribution in [0.15, 0.2) is 11.6 Å². The summed E-state index contributed by atoms with van der Waals surface area (Å²) in [5.41, 5.74) is -3.48. The van der Waals surface area contributed by atoms with E-state index in [0.29, 0.717) is 44.9 Å². The van der Waals surface area contributed by atoms with Crippen molar-refractivity contribution in [3.63, 3.8) is 0 Å². The highest BCUT2D eigenvalue weighted by Crippen LogP contribution is 2.76. The molecule has 5 N–H and O–H groups in total. The minimum Gasteiger partial charge on any atom is -0.481 e. The third kappa shape index (κ3) is 3.00. The van der Waals surface area contributed by atoms with E-state index >= 15 is 0 Å². The molecule has 0 aliphatic heterocycles. The van der Waals surface area contributed by atoms with Crippen LogP contribution in [0.5, 0.6) is 0 Å². The fourth-order valence-electron chi connectivity index (χ4n) is 10.9. The Labute approximate surface area is 220 Å². The van der Waals surface area contributed by atoms with E-state index in [-0.39, 0.29) is 34.0 Å². The van der Waals surface area contributed by atoms with Crippen molar-refractivity contribution in [1.29, 1.82) is 0 Å². The Bertz CT molecular complexity index is 1030. The molecule has 208 valence electrons. The minimum absolute atomic E-state index is 0.00687. The zero-order chi connectivity index (χ0) is 27.4. The number of allylic oxidation sites excluding steroid dienone is 1. The fourth-order valence-corrected chi connectivity index (χ4v) is 10.9. The molecule has 0 spiro atoms. The normalized spacial score (nSPS) is 55.1. The summed E-state index contributed by atoms with van der Waals surface area (Å²) >= 11 is 0. The number of carbonyl (C=O) groups is 2. The van der Waals surface area contributed by atoms with Gasteiger partial charge in [0.25, 0.3) is 0 Å². The number of rotatable bonds is 3. The van der Waals surface area contributed by atoms with Gasteiger partial charge in [0.05, 0.1) is 23.7 Å². The lowest BCUT2D eigenvalue weighted by atomic mass is 9.33. The zero-order valence-electron chi connectivity index (χ0n) is 23.1. The molecule has 4 fully saturated rings. The highest BCUT2D eigenvalue weighted by Gasteiger charge is 2.72. The van der Waals surface area contributed by atoms with Gasteiger partial charge in [0.15, 0.2) is 0 Å². The van der Waals surface area contributed by atoms with Crippen molar-refractivity contribution < 1.29 is 35.1 Å². The highest BCUT2D eigenvalue weighted by atomic mass is 16.4. The van der Waals surface area contributed by atoms with Gasteiger partial charge >= 0.3 is 11.9 Å². The Morgan fingerprint density at radius 1 is 0.919 bits per heavy atom. The first-order chi connectivity index (χ1) is 17.1. The van der Waals surface area contributed by atoms with Gasteiger partial charge in [-0.1, -0.05) is 39.3 Å². The number of hydrogen-bond donors (Lipinski definition) is 5. The Hall–Kier alpha value is -1.44. The first-order valence-corrected chi connectivity index (χ1v) is 14.3. The van der Waals surface area contributed by atoms with Crippen LogP contribution < -0.4 is 0 Å². The number of hydrogen-bond acceptors (Lipinski definition) is 5. The molecule has 0 amide bonds. The Kier molecular flexibility index (Phi) is 5.90. The second-order valence-corrected chi connectivity index (χ2v) is 14.4. The van der Waals surface area contributed by atoms with Gasteiger partial charge < -0.3 is 25.5 Å². The molecule has 0 aromatic rings. The third-order valence-electron chi connectivity index (χ3n) is 13.6. The van der Waals surface area contributed by atoms with Crippen molar-refractivity contribution in [1.82, 2.24) is 0 Å². The molecule has 5 aliphatic rings. The van der Waals surface area contributed by atoms with Crippen LogP contribution in [0.4, 0.5) is 0 Å². The Morgan fingerprint density at radius 2 is 1.59 bits per heavy atom. The molecule has 0 heterocycles. The number of aliphatic hydroxyl groups excluding tert-OH is 2. The van der Waals surface area contributed by atoms with E-state index in [1.165, 1.54) is 0 Å². The van der Waals surface area contributed by atoms with E-state index in [9.17, 15) is 35.1 Å². The first kappa shape index (κ1) is 27.1. The predicted octanol–water partition coefficient (Wildman–Crippen LogP) is 4.24. The van der Waals surface area contributed by atoms with Crippen LogP contribution in [0.25, 0.3) is 0 Å². The molecule has 0 saturated heterocycles. The average molecular weight is 519 g/mol. The monoisotopic (exact) mass is 518 g/mol. The summed E-state index contributed by atoms with van der Waals surface area (Å²) in [7, 11) is 0. The minimum atomic E-state index is -1.56. The lowest BCUT2D eigenvalue weighted by Crippen LogP contribution is -2.69. The van der Waals surface area contributed by atoms with Gasteiger partial charge in [0, 0.05) is 5.92 Å². The molecule has 0 aromatic heterocycles. The van der Waals surface area contributed by atoms with Crippen LogP contribution in [0.2, 0.25) is 0 Å². The summed E-state index contributed by atoms with van der Waals surface area (Å²) in [5.74, 6) is -2.59. The highest BCUT2D eigenvalue weighted by molar-refractivity contribution is 5.77. The van der Waals surface area contributed by atoms with Crippen molar-refractivity contribution in [2.75, 3.05) is 6.61 Å². The largest absolute Gasteiger partial charge is 0.481 e. The topological polar surface area (TPSA) is 135 Å². The maximum atomic E-state index is 12.8. The SMILES string of the molecule is C[C@@H]1CC[C@]2(C(=O)O)CC[C@]3(C)C(=CC[C@@H]4[C@@]5(C)CC[C@H](O)[C@](CO)(C(=O)O)[C@@H]5CC[C@]43C)[C@@H]2[C@]1(C)O. The molecule has 0 bridgehead atoms. The lowest BCUT2D eigenvalue weighted by Gasteiger charge is -2.71. The van der Waals surface area contributed by atoms with Crippen LogP contribution >= 0.6 is 0 Å². The van der Waals surface area contributed by atoms with Crippen LogP contribution in [0, 0.1) is 50.7 Å². The molecule has 0 radical (unpaired) electrons. The number of fused-ring (bicyclic) bond motifs is 7. The summed E-state index contributed by atoms with van der Waals surface area (Å²) in [6, 6.07) is 0. The summed E-state index contributed by atoms with van der Waals surface area (Å²) in [4.78, 5) is 25.4. The van der Waals surface area contributed by atoms with E-state index in [2.05, 4.69) is 26.8 Å². The van der Waals surface area contributed by atoms with Crippen molar-refractivity contribution >= 4 is 11.9 Å². The lowest BCUT2D eigenvalue weighted by molar-refractivity contribution is -0.233. The maximum Gasteiger partial charge on any atom is 0.314 e.